The van der Waals surface area contributed by atoms with Crippen molar-refractivity contribution >= 4 is 25.0 Å². The first kappa shape index (κ1) is 15.6. The maximum absolute atomic E-state index is 11.8. The van der Waals surface area contributed by atoms with Gasteiger partial charge in [-0.25, -0.2) is 4.79 Å². The van der Waals surface area contributed by atoms with Crippen molar-refractivity contribution in [1.82, 2.24) is 5.32 Å². The second-order valence-electron chi connectivity index (χ2n) is 5.32. The van der Waals surface area contributed by atoms with E-state index in [4.69, 9.17) is 4.74 Å². The number of rotatable bonds is 5. The molecule has 0 heterocycles. The highest BCUT2D eigenvalue weighted by Crippen LogP contribution is 2.44. The Hall–Kier alpha value is -2.27. The largest absolute Gasteiger partial charge is 0.449 e. The molecule has 0 aromatic heterocycles. The van der Waals surface area contributed by atoms with E-state index in [1.807, 2.05) is 24.3 Å². The van der Waals surface area contributed by atoms with Crippen LogP contribution < -0.4 is 5.32 Å². The summed E-state index contributed by atoms with van der Waals surface area (Å²) in [7, 11) is 0. The Bertz CT molecular complexity index is 686. The summed E-state index contributed by atoms with van der Waals surface area (Å²) in [6, 6.07) is 15.5. The zero-order valence-corrected chi connectivity index (χ0v) is 13.3. The van der Waals surface area contributed by atoms with E-state index in [-0.39, 0.29) is 18.3 Å². The number of thiol groups is 1. The average molecular weight is 326 g/mol. The number of carbonyl (C=O) groups excluding carboxylic acids is 2. The molecule has 1 amide bonds. The molecule has 1 atom stereocenters. The van der Waals surface area contributed by atoms with Gasteiger partial charge in [0.2, 0.25) is 6.29 Å². The van der Waals surface area contributed by atoms with Crippen LogP contribution in [0.1, 0.15) is 17.0 Å². The lowest BCUT2D eigenvalue weighted by Gasteiger charge is -2.15. The van der Waals surface area contributed by atoms with Crippen molar-refractivity contribution < 1.29 is 14.3 Å². The average Bonchev–Trinajstić information content (AvgIpc) is 2.92. The Labute approximate surface area is 140 Å². The molecule has 5 heteroatoms. The lowest BCUT2D eigenvalue weighted by molar-refractivity contribution is 0.142. The van der Waals surface area contributed by atoms with Gasteiger partial charge in [-0.2, -0.15) is 12.6 Å². The molecule has 1 aliphatic carbocycles. The van der Waals surface area contributed by atoms with E-state index in [0.29, 0.717) is 0 Å². The summed E-state index contributed by atoms with van der Waals surface area (Å²) in [6.45, 7) is 0.220. The first-order chi connectivity index (χ1) is 11.2. The van der Waals surface area contributed by atoms with Crippen LogP contribution in [0, 0.1) is 0 Å². The number of hydrogen-bond acceptors (Lipinski definition) is 4. The van der Waals surface area contributed by atoms with Crippen molar-refractivity contribution in [1.29, 1.82) is 0 Å². The molecule has 3 rings (SSSR count). The van der Waals surface area contributed by atoms with Crippen LogP contribution in [-0.2, 0) is 9.53 Å². The van der Waals surface area contributed by atoms with E-state index in [1.54, 1.807) is 6.29 Å². The second kappa shape index (κ2) is 6.87. The molecule has 4 nitrogen and oxygen atoms in total. The summed E-state index contributed by atoms with van der Waals surface area (Å²) in [4.78, 5) is 22.4. The Morgan fingerprint density at radius 2 is 1.70 bits per heavy atom. The topological polar surface area (TPSA) is 55.4 Å². The van der Waals surface area contributed by atoms with Gasteiger partial charge in [0.05, 0.1) is 0 Å². The van der Waals surface area contributed by atoms with Crippen molar-refractivity contribution in [3.8, 4) is 11.1 Å². The molecule has 0 unspecified atom stereocenters. The number of nitrogens with one attached hydrogen (secondary N) is 1. The van der Waals surface area contributed by atoms with Crippen LogP contribution in [0.5, 0.6) is 0 Å². The number of ether oxygens (including phenoxy) is 1. The van der Waals surface area contributed by atoms with E-state index < -0.39 is 12.1 Å². The third-order valence-corrected chi connectivity index (χ3v) is 4.33. The normalized spacial score (nSPS) is 13.8. The van der Waals surface area contributed by atoms with Gasteiger partial charge in [-0.1, -0.05) is 48.5 Å². The summed E-state index contributed by atoms with van der Waals surface area (Å²) in [5, 5.41) is 2.43. The fourth-order valence-electron chi connectivity index (χ4n) is 2.89. The van der Waals surface area contributed by atoms with Gasteiger partial charge in [-0.05, 0) is 22.3 Å². The molecule has 0 bridgehead atoms. The van der Waals surface area contributed by atoms with Crippen LogP contribution in [-0.4, -0.2) is 30.8 Å². The SMILES string of the molecule is O=[C][C@H](CS)NC(=O)OCC1c2ccccc2-c2ccccc21. The number of alkyl carbamates (subject to hydrolysis) is 1. The molecule has 0 saturated heterocycles. The van der Waals surface area contributed by atoms with Crippen molar-refractivity contribution in [2.24, 2.45) is 0 Å². The lowest BCUT2D eigenvalue weighted by Crippen LogP contribution is -2.38. The summed E-state index contributed by atoms with van der Waals surface area (Å²) in [5.41, 5.74) is 4.64. The Balaban J connectivity index is 1.76. The van der Waals surface area contributed by atoms with Gasteiger partial charge in [0.15, 0.2) is 0 Å². The molecule has 0 aliphatic heterocycles. The highest BCUT2D eigenvalue weighted by Gasteiger charge is 2.29. The minimum atomic E-state index is -0.756. The van der Waals surface area contributed by atoms with E-state index in [9.17, 15) is 9.59 Å². The maximum atomic E-state index is 11.8. The van der Waals surface area contributed by atoms with Crippen LogP contribution >= 0.6 is 12.6 Å². The minimum Gasteiger partial charge on any atom is -0.449 e. The molecule has 2 aromatic carbocycles. The van der Waals surface area contributed by atoms with Crippen molar-refractivity contribution in [2.75, 3.05) is 12.4 Å². The van der Waals surface area contributed by atoms with Crippen LogP contribution in [0.15, 0.2) is 48.5 Å². The number of benzene rings is 2. The van der Waals surface area contributed by atoms with Crippen LogP contribution in [0.25, 0.3) is 11.1 Å². The van der Waals surface area contributed by atoms with E-state index in [1.165, 1.54) is 11.1 Å². The minimum absolute atomic E-state index is 0.00260. The molecule has 23 heavy (non-hydrogen) atoms. The van der Waals surface area contributed by atoms with E-state index >= 15 is 0 Å². The third-order valence-electron chi connectivity index (χ3n) is 3.96. The van der Waals surface area contributed by atoms with Gasteiger partial charge in [-0.3, -0.25) is 4.79 Å². The third kappa shape index (κ3) is 3.10. The van der Waals surface area contributed by atoms with E-state index in [0.717, 1.165) is 11.1 Å². The van der Waals surface area contributed by atoms with Crippen molar-refractivity contribution in [2.45, 2.75) is 12.0 Å². The van der Waals surface area contributed by atoms with Gasteiger partial charge in [0.25, 0.3) is 0 Å². The van der Waals surface area contributed by atoms with Crippen LogP contribution in [0.3, 0.4) is 0 Å². The number of fused-ring (bicyclic) bond motifs is 3. The monoisotopic (exact) mass is 326 g/mol. The van der Waals surface area contributed by atoms with Crippen LogP contribution in [0.2, 0.25) is 0 Å². The molecular formula is C18H16NO3S. The summed E-state index contributed by atoms with van der Waals surface area (Å²) in [6.07, 6.45) is 1.07. The van der Waals surface area contributed by atoms with Gasteiger partial charge in [0.1, 0.15) is 12.6 Å². The molecular weight excluding hydrogens is 310 g/mol. The molecule has 0 saturated carbocycles. The predicted molar refractivity (Wildman–Crippen MR) is 91.5 cm³/mol. The van der Waals surface area contributed by atoms with Crippen LogP contribution in [0.4, 0.5) is 4.79 Å². The van der Waals surface area contributed by atoms with Gasteiger partial charge in [-0.15, -0.1) is 0 Å². The summed E-state index contributed by atoms with van der Waals surface area (Å²) in [5.74, 6) is 0.191. The Morgan fingerprint density at radius 1 is 1.13 bits per heavy atom. The highest BCUT2D eigenvalue weighted by atomic mass is 32.1. The Kier molecular flexibility index (Phi) is 4.67. The van der Waals surface area contributed by atoms with Gasteiger partial charge in [0, 0.05) is 11.7 Å². The molecule has 1 radical (unpaired) electrons. The molecule has 2 aromatic rings. The summed E-state index contributed by atoms with van der Waals surface area (Å²) < 4.78 is 5.31. The Morgan fingerprint density at radius 3 is 2.22 bits per heavy atom. The fourth-order valence-corrected chi connectivity index (χ4v) is 3.06. The molecule has 1 aliphatic rings. The predicted octanol–water partition coefficient (Wildman–Crippen LogP) is 2.93. The highest BCUT2D eigenvalue weighted by molar-refractivity contribution is 7.80. The zero-order chi connectivity index (χ0) is 16.2. The van der Waals surface area contributed by atoms with Crippen molar-refractivity contribution in [3.05, 3.63) is 59.7 Å². The number of hydrogen-bond donors (Lipinski definition) is 2. The molecule has 117 valence electrons. The number of carbonyl (C=O) groups is 1. The van der Waals surface area contributed by atoms with E-state index in [2.05, 4.69) is 42.2 Å². The van der Waals surface area contributed by atoms with Gasteiger partial charge >= 0.3 is 6.09 Å². The molecule has 1 N–H and O–H groups in total. The summed E-state index contributed by atoms with van der Waals surface area (Å²) >= 11 is 3.97. The smallest absolute Gasteiger partial charge is 0.407 e. The quantitative estimate of drug-likeness (QED) is 0.831. The molecule has 0 spiro atoms. The maximum Gasteiger partial charge on any atom is 0.407 e. The van der Waals surface area contributed by atoms with Crippen molar-refractivity contribution in [3.63, 3.8) is 0 Å². The first-order valence-electron chi connectivity index (χ1n) is 7.34. The first-order valence-corrected chi connectivity index (χ1v) is 7.98. The second-order valence-corrected chi connectivity index (χ2v) is 5.69. The standard InChI is InChI=1S/C18H16NO3S/c20-9-12(11-23)19-18(21)22-10-17-15-7-3-1-5-13(15)14-6-2-4-8-16(14)17/h1-8,12,17,23H,10-11H2,(H,19,21)/t12-/m1/s1. The lowest BCUT2D eigenvalue weighted by atomic mass is 9.98. The molecule has 0 fully saturated rings. The fraction of sp³-hybridized carbons (Fsp3) is 0.222. The number of amides is 1. The van der Waals surface area contributed by atoms with Gasteiger partial charge < -0.3 is 10.1 Å². The zero-order valence-electron chi connectivity index (χ0n) is 12.4.